The molecule has 16 heteroatoms. The van der Waals surface area contributed by atoms with Crippen molar-refractivity contribution in [2.24, 2.45) is 0 Å². The summed E-state index contributed by atoms with van der Waals surface area (Å²) >= 11 is 0. The first kappa shape index (κ1) is 54.5. The van der Waals surface area contributed by atoms with Gasteiger partial charge in [0.1, 0.15) is 55.9 Å². The molecule has 0 unspecified atom stereocenters. The monoisotopic (exact) mass is 1000 g/mol. The van der Waals surface area contributed by atoms with Crippen LogP contribution in [-0.2, 0) is 97.6 Å². The van der Waals surface area contributed by atoms with Gasteiger partial charge in [-0.05, 0) is 34.7 Å². The molecule has 73 heavy (non-hydrogen) atoms. The molecule has 2 saturated heterocycles. The van der Waals surface area contributed by atoms with Gasteiger partial charge in [0.2, 0.25) is 0 Å². The van der Waals surface area contributed by atoms with E-state index in [0.29, 0.717) is 5.56 Å². The largest absolute Gasteiger partial charge is 0.509 e. The summed E-state index contributed by atoms with van der Waals surface area (Å²) in [6.07, 6.45) is -13.4. The van der Waals surface area contributed by atoms with Gasteiger partial charge in [-0.1, -0.05) is 164 Å². The van der Waals surface area contributed by atoms with Crippen LogP contribution < -0.4 is 0 Å². The number of carbonyl (C=O) groups excluding carboxylic acids is 3. The highest BCUT2D eigenvalue weighted by molar-refractivity contribution is 5.76. The second kappa shape index (κ2) is 28.8. The standard InChI is InChI=1S/C57H64O16/c1-5-32-64-57(60)73-51-48(66-34-41-24-14-8-15-25-41)46(38-65-39(3)58)70-56(53(51)71-47(54(59)63-6-2)44-30-20-11-21-31-44)72-49-45(37-62-33-40-22-12-7-13-23-40)69-55(61-4)52(68-36-43-28-18-10-19-29-43)50(49)67-35-42-26-16-9-17-27-42/h5,7-31,45-53,55-56H,1,6,32-38H2,2-4H3/t45-,46-,47+,48-,49-,50+,51+,52-,53-,55+,56-/m1/s1. The van der Waals surface area contributed by atoms with Crippen LogP contribution in [0.15, 0.2) is 164 Å². The minimum atomic E-state index is -1.60. The first-order valence-corrected chi connectivity index (χ1v) is 24.3. The molecule has 0 amide bonds. The van der Waals surface area contributed by atoms with Gasteiger partial charge < -0.3 is 61.6 Å². The summed E-state index contributed by atoms with van der Waals surface area (Å²) < 4.78 is 83.3. The molecular weight excluding hydrogens is 941 g/mol. The van der Waals surface area contributed by atoms with Crippen LogP contribution >= 0.6 is 0 Å². The molecule has 2 aliphatic heterocycles. The number of ether oxygens (including phenoxy) is 13. The lowest BCUT2D eigenvalue weighted by Crippen LogP contribution is -2.67. The zero-order chi connectivity index (χ0) is 51.2. The Bertz CT molecular complexity index is 2400. The van der Waals surface area contributed by atoms with E-state index in [-0.39, 0.29) is 46.2 Å². The zero-order valence-electron chi connectivity index (χ0n) is 41.3. The molecule has 0 saturated carbocycles. The van der Waals surface area contributed by atoms with Gasteiger partial charge in [-0.2, -0.15) is 0 Å². The smallest absolute Gasteiger partial charge is 0.464 e. The molecule has 7 rings (SSSR count). The molecule has 0 aliphatic carbocycles. The van der Waals surface area contributed by atoms with Crippen molar-refractivity contribution in [1.29, 1.82) is 0 Å². The lowest BCUT2D eigenvalue weighted by Gasteiger charge is -2.50. The van der Waals surface area contributed by atoms with Crippen molar-refractivity contribution in [1.82, 2.24) is 0 Å². The van der Waals surface area contributed by atoms with Gasteiger partial charge in [0, 0.05) is 14.0 Å². The molecule has 11 atom stereocenters. The van der Waals surface area contributed by atoms with Crippen molar-refractivity contribution in [3.63, 3.8) is 0 Å². The van der Waals surface area contributed by atoms with E-state index < -0.39 is 92.2 Å². The number of hydrogen-bond donors (Lipinski definition) is 0. The molecule has 0 aromatic heterocycles. The molecular formula is C57H64O16. The highest BCUT2D eigenvalue weighted by Crippen LogP contribution is 2.38. The lowest BCUT2D eigenvalue weighted by atomic mass is 9.95. The van der Waals surface area contributed by atoms with E-state index in [2.05, 4.69) is 6.58 Å². The van der Waals surface area contributed by atoms with Gasteiger partial charge in [0.15, 0.2) is 24.8 Å². The average molecular weight is 1010 g/mol. The number of hydrogen-bond acceptors (Lipinski definition) is 16. The lowest BCUT2D eigenvalue weighted by molar-refractivity contribution is -0.374. The van der Waals surface area contributed by atoms with Gasteiger partial charge in [0.05, 0.1) is 39.6 Å². The Morgan fingerprint density at radius 2 is 1.05 bits per heavy atom. The number of carbonyl (C=O) groups is 3. The fourth-order valence-corrected chi connectivity index (χ4v) is 8.40. The Balaban J connectivity index is 1.36. The highest BCUT2D eigenvalue weighted by atomic mass is 16.8. The van der Waals surface area contributed by atoms with Crippen molar-refractivity contribution in [3.05, 3.63) is 192 Å². The molecule has 0 N–H and O–H groups in total. The number of benzene rings is 5. The molecule has 5 aromatic rings. The predicted molar refractivity (Wildman–Crippen MR) is 264 cm³/mol. The first-order chi connectivity index (χ1) is 35.7. The van der Waals surface area contributed by atoms with E-state index in [0.717, 1.165) is 22.3 Å². The van der Waals surface area contributed by atoms with E-state index in [1.807, 2.05) is 121 Å². The third kappa shape index (κ3) is 16.1. The van der Waals surface area contributed by atoms with Crippen molar-refractivity contribution in [3.8, 4) is 0 Å². The van der Waals surface area contributed by atoms with Gasteiger partial charge in [0.25, 0.3) is 0 Å². The molecule has 5 aromatic carbocycles. The summed E-state index contributed by atoms with van der Waals surface area (Å²) in [6, 6.07) is 46.8. The second-order valence-corrected chi connectivity index (χ2v) is 17.1. The van der Waals surface area contributed by atoms with Gasteiger partial charge >= 0.3 is 18.1 Å². The van der Waals surface area contributed by atoms with Gasteiger partial charge in [-0.15, -0.1) is 0 Å². The Kier molecular flexibility index (Phi) is 21.5. The second-order valence-electron chi connectivity index (χ2n) is 17.1. The minimum absolute atomic E-state index is 0.0171. The van der Waals surface area contributed by atoms with Crippen LogP contribution in [0.1, 0.15) is 47.8 Å². The first-order valence-electron chi connectivity index (χ1n) is 24.3. The van der Waals surface area contributed by atoms with Gasteiger partial charge in [-0.25, -0.2) is 9.59 Å². The molecule has 0 radical (unpaired) electrons. The van der Waals surface area contributed by atoms with E-state index in [1.54, 1.807) is 37.3 Å². The van der Waals surface area contributed by atoms with E-state index in [9.17, 15) is 14.4 Å². The Labute approximate surface area is 426 Å². The normalized spacial score (nSPS) is 24.2. The predicted octanol–water partition coefficient (Wildman–Crippen LogP) is 8.40. The molecule has 0 spiro atoms. The van der Waals surface area contributed by atoms with Crippen LogP contribution in [0.4, 0.5) is 4.79 Å². The van der Waals surface area contributed by atoms with Crippen LogP contribution in [-0.4, -0.2) is 113 Å². The summed E-state index contributed by atoms with van der Waals surface area (Å²) in [5.74, 6) is -1.37. The van der Waals surface area contributed by atoms with Crippen LogP contribution in [0.3, 0.4) is 0 Å². The maximum Gasteiger partial charge on any atom is 0.509 e. The van der Waals surface area contributed by atoms with Crippen molar-refractivity contribution >= 4 is 18.1 Å². The van der Waals surface area contributed by atoms with E-state index in [1.165, 1.54) is 20.1 Å². The summed E-state index contributed by atoms with van der Waals surface area (Å²) in [7, 11) is 1.51. The van der Waals surface area contributed by atoms with Crippen LogP contribution in [0.5, 0.6) is 0 Å². The Morgan fingerprint density at radius 3 is 1.58 bits per heavy atom. The van der Waals surface area contributed by atoms with E-state index in [4.69, 9.17) is 61.6 Å². The molecule has 388 valence electrons. The summed E-state index contributed by atoms with van der Waals surface area (Å²) in [5, 5.41) is 0. The van der Waals surface area contributed by atoms with Crippen molar-refractivity contribution < 1.29 is 76.0 Å². The highest BCUT2D eigenvalue weighted by Gasteiger charge is 2.56. The van der Waals surface area contributed by atoms with Crippen LogP contribution in [0, 0.1) is 0 Å². The summed E-state index contributed by atoms with van der Waals surface area (Å²) in [5.41, 5.74) is 3.80. The molecule has 2 heterocycles. The maximum atomic E-state index is 14.1. The molecule has 0 bridgehead atoms. The number of methoxy groups -OCH3 is 1. The average Bonchev–Trinajstić information content (AvgIpc) is 3.42. The van der Waals surface area contributed by atoms with Gasteiger partial charge in [-0.3, -0.25) is 4.79 Å². The fourth-order valence-electron chi connectivity index (χ4n) is 8.40. The maximum absolute atomic E-state index is 14.1. The van der Waals surface area contributed by atoms with Crippen LogP contribution in [0.2, 0.25) is 0 Å². The Hall–Kier alpha value is -6.31. The Morgan fingerprint density at radius 1 is 0.562 bits per heavy atom. The summed E-state index contributed by atoms with van der Waals surface area (Å²) in [6.45, 7) is 6.39. The van der Waals surface area contributed by atoms with Crippen molar-refractivity contribution in [2.45, 2.75) is 108 Å². The summed E-state index contributed by atoms with van der Waals surface area (Å²) in [4.78, 5) is 40.5. The number of rotatable bonds is 26. The minimum Gasteiger partial charge on any atom is -0.464 e. The topological polar surface area (TPSA) is 171 Å². The SMILES string of the molecule is C=CCOC(=O)O[C@@H]1[C@@H](O[C@H](C(=O)OCC)c2ccccc2)[C@@H](O[C@H]2[C@H](OCc3ccccc3)[C@@H](OCc3ccccc3)[C@@H](OC)O[C@@H]2COCc2ccccc2)O[C@H](COC(C)=O)[C@H]1OCc1ccccc1. The quantitative estimate of drug-likeness (QED) is 0.0294. The molecule has 16 nitrogen and oxygen atoms in total. The number of esters is 2. The van der Waals surface area contributed by atoms with Crippen LogP contribution in [0.25, 0.3) is 0 Å². The molecule has 2 aliphatic rings. The van der Waals surface area contributed by atoms with E-state index >= 15 is 0 Å². The third-order valence-electron chi connectivity index (χ3n) is 11.9. The fraction of sp³-hybridized carbons (Fsp3) is 0.386. The third-order valence-corrected chi connectivity index (χ3v) is 11.9. The molecule has 2 fully saturated rings. The zero-order valence-corrected chi connectivity index (χ0v) is 41.3. The van der Waals surface area contributed by atoms with Crippen molar-refractivity contribution in [2.75, 3.05) is 33.5 Å².